The number of rotatable bonds is 8. The molecule has 10 heteroatoms. The number of hydrogen-bond donors (Lipinski definition) is 2. The number of nitrogens with one attached hydrogen (secondary N) is 1. The molecule has 0 aliphatic rings. The number of sulfonamides is 1. The summed E-state index contributed by atoms with van der Waals surface area (Å²) in [6, 6.07) is 1.97. The van der Waals surface area contributed by atoms with E-state index in [2.05, 4.69) is 9.15 Å². The van der Waals surface area contributed by atoms with Crippen molar-refractivity contribution in [2.24, 2.45) is 0 Å². The van der Waals surface area contributed by atoms with Gasteiger partial charge in [0.1, 0.15) is 6.61 Å². The SMILES string of the molecule is O=C(O)c1ccc(S(=O)(=O)NCCOCC(F)F)o1. The Morgan fingerprint density at radius 3 is 2.68 bits per heavy atom. The molecule has 0 radical (unpaired) electrons. The van der Waals surface area contributed by atoms with Gasteiger partial charge in [0.25, 0.3) is 16.4 Å². The number of hydrogen-bond acceptors (Lipinski definition) is 5. The lowest BCUT2D eigenvalue weighted by Crippen LogP contribution is -2.27. The highest BCUT2D eigenvalue weighted by atomic mass is 32.2. The third-order valence-corrected chi connectivity index (χ3v) is 3.17. The molecule has 19 heavy (non-hydrogen) atoms. The smallest absolute Gasteiger partial charge is 0.371 e. The lowest BCUT2D eigenvalue weighted by Gasteiger charge is -2.05. The van der Waals surface area contributed by atoms with E-state index in [0.29, 0.717) is 0 Å². The summed E-state index contributed by atoms with van der Waals surface area (Å²) in [6.07, 6.45) is -2.63. The Morgan fingerprint density at radius 1 is 1.47 bits per heavy atom. The first-order valence-electron chi connectivity index (χ1n) is 5.01. The van der Waals surface area contributed by atoms with E-state index in [-0.39, 0.29) is 13.2 Å². The summed E-state index contributed by atoms with van der Waals surface area (Å²) in [7, 11) is -4.02. The second-order valence-electron chi connectivity index (χ2n) is 3.29. The van der Waals surface area contributed by atoms with Gasteiger partial charge in [-0.2, -0.15) is 0 Å². The van der Waals surface area contributed by atoms with Gasteiger partial charge in [0, 0.05) is 6.54 Å². The van der Waals surface area contributed by atoms with Gasteiger partial charge in [-0.1, -0.05) is 0 Å². The van der Waals surface area contributed by atoms with Gasteiger partial charge in [-0.05, 0) is 12.1 Å². The zero-order valence-corrected chi connectivity index (χ0v) is 10.3. The maximum absolute atomic E-state index is 11.7. The maximum Gasteiger partial charge on any atom is 0.371 e. The van der Waals surface area contributed by atoms with Crippen LogP contribution in [0.4, 0.5) is 8.78 Å². The van der Waals surface area contributed by atoms with E-state index >= 15 is 0 Å². The van der Waals surface area contributed by atoms with Crippen LogP contribution in [-0.4, -0.2) is 45.7 Å². The van der Waals surface area contributed by atoms with E-state index in [1.165, 1.54) is 0 Å². The zero-order chi connectivity index (χ0) is 14.5. The summed E-state index contributed by atoms with van der Waals surface area (Å²) in [6.45, 7) is -1.26. The quantitative estimate of drug-likeness (QED) is 0.679. The minimum atomic E-state index is -4.02. The Kier molecular flexibility index (Phi) is 5.39. The summed E-state index contributed by atoms with van der Waals surface area (Å²) < 4.78 is 57.6. The molecule has 0 saturated carbocycles. The zero-order valence-electron chi connectivity index (χ0n) is 9.51. The van der Waals surface area contributed by atoms with E-state index in [1.54, 1.807) is 0 Å². The van der Waals surface area contributed by atoms with Gasteiger partial charge in [0.15, 0.2) is 0 Å². The topological polar surface area (TPSA) is 106 Å². The number of furan rings is 1. The number of carboxylic acids is 1. The summed E-state index contributed by atoms with van der Waals surface area (Å²) in [5, 5.41) is 7.99. The van der Waals surface area contributed by atoms with Crippen LogP contribution in [0.1, 0.15) is 10.6 Å². The summed E-state index contributed by atoms with van der Waals surface area (Å²) in [5.74, 6) is -1.92. The van der Waals surface area contributed by atoms with Crippen molar-refractivity contribution >= 4 is 16.0 Å². The van der Waals surface area contributed by atoms with Crippen molar-refractivity contribution in [1.29, 1.82) is 0 Å². The van der Waals surface area contributed by atoms with E-state index in [9.17, 15) is 22.0 Å². The van der Waals surface area contributed by atoms with Crippen molar-refractivity contribution in [3.05, 3.63) is 17.9 Å². The first-order chi connectivity index (χ1) is 8.83. The average molecular weight is 299 g/mol. The fourth-order valence-corrected chi connectivity index (χ4v) is 2.01. The molecule has 1 aromatic heterocycles. The van der Waals surface area contributed by atoms with Crippen LogP contribution >= 0.6 is 0 Å². The van der Waals surface area contributed by atoms with Gasteiger partial charge in [-0.3, -0.25) is 0 Å². The van der Waals surface area contributed by atoms with E-state index in [4.69, 9.17) is 5.11 Å². The molecule has 1 heterocycles. The fourth-order valence-electron chi connectivity index (χ4n) is 1.07. The first-order valence-corrected chi connectivity index (χ1v) is 6.50. The van der Waals surface area contributed by atoms with Crippen molar-refractivity contribution in [3.63, 3.8) is 0 Å². The molecule has 0 bridgehead atoms. The van der Waals surface area contributed by atoms with Crippen molar-refractivity contribution in [1.82, 2.24) is 4.72 Å². The number of carbonyl (C=O) groups is 1. The van der Waals surface area contributed by atoms with Crippen LogP contribution in [0.3, 0.4) is 0 Å². The van der Waals surface area contributed by atoms with Crippen LogP contribution in [0, 0.1) is 0 Å². The van der Waals surface area contributed by atoms with E-state index in [0.717, 1.165) is 12.1 Å². The Hall–Kier alpha value is -1.52. The molecule has 0 aromatic carbocycles. The highest BCUT2D eigenvalue weighted by molar-refractivity contribution is 7.89. The summed E-state index contributed by atoms with van der Waals surface area (Å²) in [4.78, 5) is 10.5. The lowest BCUT2D eigenvalue weighted by atomic mass is 10.5. The second-order valence-corrected chi connectivity index (χ2v) is 4.99. The number of aromatic carboxylic acids is 1. The van der Waals surface area contributed by atoms with E-state index < -0.39 is 39.9 Å². The van der Waals surface area contributed by atoms with E-state index in [1.807, 2.05) is 4.72 Å². The Balaban J connectivity index is 2.49. The number of carboxylic acid groups (broad SMARTS) is 1. The molecule has 0 amide bonds. The molecule has 0 saturated heterocycles. The average Bonchev–Trinajstić information content (AvgIpc) is 2.77. The maximum atomic E-state index is 11.7. The number of halogens is 2. The number of alkyl halides is 2. The van der Waals surface area contributed by atoms with Crippen LogP contribution in [0.5, 0.6) is 0 Å². The Labute approximate surface area is 107 Å². The molecular formula is C9H11F2NO6S. The molecule has 7 nitrogen and oxygen atoms in total. The molecule has 0 aliphatic carbocycles. The van der Waals surface area contributed by atoms with Gasteiger partial charge in [0.05, 0.1) is 6.61 Å². The molecule has 0 fully saturated rings. The van der Waals surface area contributed by atoms with Crippen LogP contribution < -0.4 is 4.72 Å². The standard InChI is InChI=1S/C9H11F2NO6S/c10-7(11)5-17-4-3-12-19(15,16)8-2-1-6(18-8)9(13)14/h1-2,7,12H,3-5H2,(H,13,14). The Bertz CT molecular complexity index is 527. The van der Waals surface area contributed by atoms with Crippen molar-refractivity contribution in [3.8, 4) is 0 Å². The molecule has 108 valence electrons. The van der Waals surface area contributed by atoms with Gasteiger partial charge < -0.3 is 14.3 Å². The minimum Gasteiger partial charge on any atom is -0.475 e. The molecule has 0 atom stereocenters. The summed E-state index contributed by atoms with van der Waals surface area (Å²) in [5.41, 5.74) is 0. The Morgan fingerprint density at radius 2 is 2.16 bits per heavy atom. The molecule has 0 spiro atoms. The van der Waals surface area contributed by atoms with Crippen molar-refractivity contribution in [2.75, 3.05) is 19.8 Å². The van der Waals surface area contributed by atoms with Crippen molar-refractivity contribution < 1.29 is 36.3 Å². The third-order valence-electron chi connectivity index (χ3n) is 1.84. The highest BCUT2D eigenvalue weighted by Crippen LogP contribution is 2.13. The molecule has 1 aromatic rings. The number of ether oxygens (including phenoxy) is 1. The predicted octanol–water partition coefficient (Wildman–Crippen LogP) is 0.538. The van der Waals surface area contributed by atoms with Gasteiger partial charge in [-0.25, -0.2) is 26.7 Å². The normalized spacial score (nSPS) is 11.9. The predicted molar refractivity (Wildman–Crippen MR) is 57.7 cm³/mol. The molecule has 0 unspecified atom stereocenters. The molecule has 1 rings (SSSR count). The van der Waals surface area contributed by atoms with Crippen LogP contribution in [0.15, 0.2) is 21.6 Å². The first kappa shape index (κ1) is 15.5. The fraction of sp³-hybridized carbons (Fsp3) is 0.444. The second kappa shape index (κ2) is 6.59. The van der Waals surface area contributed by atoms with Crippen LogP contribution in [-0.2, 0) is 14.8 Å². The van der Waals surface area contributed by atoms with Crippen LogP contribution in [0.25, 0.3) is 0 Å². The highest BCUT2D eigenvalue weighted by Gasteiger charge is 2.20. The van der Waals surface area contributed by atoms with Crippen LogP contribution in [0.2, 0.25) is 0 Å². The van der Waals surface area contributed by atoms with Gasteiger partial charge >= 0.3 is 5.97 Å². The molecule has 2 N–H and O–H groups in total. The van der Waals surface area contributed by atoms with Gasteiger partial charge in [-0.15, -0.1) is 0 Å². The van der Waals surface area contributed by atoms with Gasteiger partial charge in [0.2, 0.25) is 10.9 Å². The summed E-state index contributed by atoms with van der Waals surface area (Å²) >= 11 is 0. The molecular weight excluding hydrogens is 288 g/mol. The molecule has 0 aliphatic heterocycles. The largest absolute Gasteiger partial charge is 0.475 e. The third kappa shape index (κ3) is 4.93. The van der Waals surface area contributed by atoms with Crippen molar-refractivity contribution in [2.45, 2.75) is 11.5 Å². The minimum absolute atomic E-state index is 0.238. The lowest BCUT2D eigenvalue weighted by molar-refractivity contribution is 0.0198. The monoisotopic (exact) mass is 299 g/mol.